The number of nitro groups is 1. The van der Waals surface area contributed by atoms with Crippen molar-refractivity contribution < 1.29 is 14.5 Å². The van der Waals surface area contributed by atoms with Gasteiger partial charge in [0, 0.05) is 19.2 Å². The van der Waals surface area contributed by atoms with Gasteiger partial charge in [-0.1, -0.05) is 0 Å². The topological polar surface area (TPSA) is 85.6 Å². The Morgan fingerprint density at radius 3 is 2.68 bits per heavy atom. The third-order valence-corrected chi connectivity index (χ3v) is 2.76. The zero-order valence-corrected chi connectivity index (χ0v) is 11.3. The van der Waals surface area contributed by atoms with E-state index >= 15 is 0 Å². The number of esters is 1. The van der Waals surface area contributed by atoms with E-state index in [9.17, 15) is 14.9 Å². The molecule has 0 saturated carbocycles. The van der Waals surface area contributed by atoms with Crippen LogP contribution in [0.15, 0.2) is 12.1 Å². The number of rotatable bonds is 6. The lowest BCUT2D eigenvalue weighted by atomic mass is 10.3. The van der Waals surface area contributed by atoms with E-state index in [1.807, 2.05) is 11.8 Å². The first-order valence-electron chi connectivity index (χ1n) is 5.93. The van der Waals surface area contributed by atoms with Crippen LogP contribution in [0.2, 0.25) is 0 Å². The standard InChI is InChI=1S/C12H17N3O4/c1-4-14(8-7-12(16)19-3)11-6-5-10(15(17)18)9(2)13-11/h5-6H,4,7-8H2,1-3H3. The van der Waals surface area contributed by atoms with Gasteiger partial charge in [-0.15, -0.1) is 0 Å². The molecular formula is C12H17N3O4. The number of anilines is 1. The molecule has 0 spiro atoms. The van der Waals surface area contributed by atoms with Crippen LogP contribution >= 0.6 is 0 Å². The lowest BCUT2D eigenvalue weighted by molar-refractivity contribution is -0.385. The van der Waals surface area contributed by atoms with Crippen molar-refractivity contribution in [2.75, 3.05) is 25.1 Å². The van der Waals surface area contributed by atoms with E-state index in [1.165, 1.54) is 13.2 Å². The molecule has 0 atom stereocenters. The third kappa shape index (κ3) is 3.90. The molecule has 1 heterocycles. The number of ether oxygens (including phenoxy) is 1. The quantitative estimate of drug-likeness (QED) is 0.443. The average molecular weight is 267 g/mol. The monoisotopic (exact) mass is 267 g/mol. The number of aromatic nitrogens is 1. The van der Waals surface area contributed by atoms with Gasteiger partial charge in [0.25, 0.3) is 5.69 Å². The fourth-order valence-corrected chi connectivity index (χ4v) is 1.67. The minimum Gasteiger partial charge on any atom is -0.469 e. The largest absolute Gasteiger partial charge is 0.469 e. The second-order valence-corrected chi connectivity index (χ2v) is 3.94. The van der Waals surface area contributed by atoms with Crippen molar-refractivity contribution in [3.05, 3.63) is 27.9 Å². The van der Waals surface area contributed by atoms with Gasteiger partial charge in [0.05, 0.1) is 18.5 Å². The molecule has 1 rings (SSSR count). The molecule has 1 aromatic rings. The van der Waals surface area contributed by atoms with E-state index in [0.29, 0.717) is 24.6 Å². The number of hydrogen-bond donors (Lipinski definition) is 0. The first-order valence-corrected chi connectivity index (χ1v) is 5.93. The summed E-state index contributed by atoms with van der Waals surface area (Å²) in [5, 5.41) is 10.7. The summed E-state index contributed by atoms with van der Waals surface area (Å²) in [6.07, 6.45) is 0.252. The van der Waals surface area contributed by atoms with Gasteiger partial charge in [0.2, 0.25) is 0 Å². The van der Waals surface area contributed by atoms with Crippen molar-refractivity contribution in [2.45, 2.75) is 20.3 Å². The molecule has 0 N–H and O–H groups in total. The van der Waals surface area contributed by atoms with Gasteiger partial charge in [0.15, 0.2) is 0 Å². The van der Waals surface area contributed by atoms with Crippen LogP contribution in [0.3, 0.4) is 0 Å². The van der Waals surface area contributed by atoms with Crippen LogP contribution in [0.1, 0.15) is 19.0 Å². The zero-order valence-electron chi connectivity index (χ0n) is 11.3. The number of aryl methyl sites for hydroxylation is 1. The first kappa shape index (κ1) is 14.9. The van der Waals surface area contributed by atoms with Gasteiger partial charge in [0.1, 0.15) is 11.5 Å². The van der Waals surface area contributed by atoms with E-state index in [4.69, 9.17) is 0 Å². The van der Waals surface area contributed by atoms with Gasteiger partial charge in [-0.2, -0.15) is 0 Å². The molecule has 0 bridgehead atoms. The number of nitrogens with zero attached hydrogens (tertiary/aromatic N) is 3. The lowest BCUT2D eigenvalue weighted by Crippen LogP contribution is -2.27. The van der Waals surface area contributed by atoms with Gasteiger partial charge >= 0.3 is 5.97 Å². The summed E-state index contributed by atoms with van der Waals surface area (Å²) >= 11 is 0. The second kappa shape index (κ2) is 6.67. The smallest absolute Gasteiger partial charge is 0.307 e. The number of hydrogen-bond acceptors (Lipinski definition) is 6. The van der Waals surface area contributed by atoms with Crippen molar-refractivity contribution in [3.63, 3.8) is 0 Å². The maximum absolute atomic E-state index is 11.1. The van der Waals surface area contributed by atoms with Gasteiger partial charge in [-0.05, 0) is 19.9 Å². The van der Waals surface area contributed by atoms with E-state index < -0.39 is 4.92 Å². The molecule has 19 heavy (non-hydrogen) atoms. The van der Waals surface area contributed by atoms with Crippen molar-refractivity contribution >= 4 is 17.5 Å². The van der Waals surface area contributed by atoms with E-state index in [-0.39, 0.29) is 18.1 Å². The molecule has 0 unspecified atom stereocenters. The molecule has 0 aliphatic rings. The Hall–Kier alpha value is -2.18. The van der Waals surface area contributed by atoms with Crippen LogP contribution in [-0.2, 0) is 9.53 Å². The molecule has 0 aliphatic heterocycles. The van der Waals surface area contributed by atoms with Crippen molar-refractivity contribution in [1.82, 2.24) is 4.98 Å². The van der Waals surface area contributed by atoms with E-state index in [0.717, 1.165) is 0 Å². The number of carbonyl (C=O) groups is 1. The van der Waals surface area contributed by atoms with Crippen molar-refractivity contribution in [3.8, 4) is 0 Å². The number of methoxy groups -OCH3 is 1. The Labute approximate surface area is 111 Å². The Morgan fingerprint density at radius 1 is 1.53 bits per heavy atom. The van der Waals surface area contributed by atoms with Crippen LogP contribution in [0.5, 0.6) is 0 Å². The first-order chi connectivity index (χ1) is 8.99. The normalized spacial score (nSPS) is 10.1. The molecule has 0 saturated heterocycles. The van der Waals surface area contributed by atoms with Gasteiger partial charge in [-0.25, -0.2) is 4.98 Å². The molecule has 0 amide bonds. The summed E-state index contributed by atoms with van der Waals surface area (Å²) in [5.41, 5.74) is 0.354. The molecular weight excluding hydrogens is 250 g/mol. The summed E-state index contributed by atoms with van der Waals surface area (Å²) in [6.45, 7) is 4.64. The van der Waals surface area contributed by atoms with Crippen LogP contribution in [0.25, 0.3) is 0 Å². The fraction of sp³-hybridized carbons (Fsp3) is 0.500. The molecule has 0 fully saturated rings. The van der Waals surface area contributed by atoms with Crippen LogP contribution in [-0.4, -0.2) is 36.1 Å². The maximum Gasteiger partial charge on any atom is 0.307 e. The molecule has 0 aliphatic carbocycles. The van der Waals surface area contributed by atoms with Gasteiger partial charge in [-0.3, -0.25) is 14.9 Å². The number of carbonyl (C=O) groups excluding carboxylic acids is 1. The Morgan fingerprint density at radius 2 is 2.21 bits per heavy atom. The highest BCUT2D eigenvalue weighted by Crippen LogP contribution is 2.20. The summed E-state index contributed by atoms with van der Waals surface area (Å²) in [7, 11) is 1.34. The SMILES string of the molecule is CCN(CCC(=O)OC)c1ccc([N+](=O)[O-])c(C)n1. The second-order valence-electron chi connectivity index (χ2n) is 3.94. The molecule has 7 heteroatoms. The number of pyridine rings is 1. The third-order valence-electron chi connectivity index (χ3n) is 2.76. The minimum atomic E-state index is -0.461. The van der Waals surface area contributed by atoms with Crippen LogP contribution in [0, 0.1) is 17.0 Å². The maximum atomic E-state index is 11.1. The van der Waals surface area contributed by atoms with Crippen LogP contribution < -0.4 is 4.90 Å². The van der Waals surface area contributed by atoms with E-state index in [1.54, 1.807) is 13.0 Å². The van der Waals surface area contributed by atoms with Crippen molar-refractivity contribution in [2.24, 2.45) is 0 Å². The summed E-state index contributed by atoms with van der Waals surface area (Å²) in [5.74, 6) is 0.326. The zero-order chi connectivity index (χ0) is 14.4. The van der Waals surface area contributed by atoms with Gasteiger partial charge < -0.3 is 9.64 Å². The molecule has 7 nitrogen and oxygen atoms in total. The molecule has 0 radical (unpaired) electrons. The minimum absolute atomic E-state index is 0.00669. The Balaban J connectivity index is 2.84. The summed E-state index contributed by atoms with van der Waals surface area (Å²) < 4.78 is 4.58. The average Bonchev–Trinajstić information content (AvgIpc) is 2.38. The highest BCUT2D eigenvalue weighted by Gasteiger charge is 2.15. The lowest BCUT2D eigenvalue weighted by Gasteiger charge is -2.21. The highest BCUT2D eigenvalue weighted by molar-refractivity contribution is 5.69. The molecule has 0 aromatic carbocycles. The molecule has 104 valence electrons. The summed E-state index contributed by atoms with van der Waals surface area (Å²) in [4.78, 5) is 27.4. The van der Waals surface area contributed by atoms with Crippen LogP contribution in [0.4, 0.5) is 11.5 Å². The predicted molar refractivity (Wildman–Crippen MR) is 70.1 cm³/mol. The Kier molecular flexibility index (Phi) is 5.23. The fourth-order valence-electron chi connectivity index (χ4n) is 1.67. The molecule has 1 aromatic heterocycles. The van der Waals surface area contributed by atoms with E-state index in [2.05, 4.69) is 9.72 Å². The predicted octanol–water partition coefficient (Wildman–Crippen LogP) is 1.69. The Bertz CT molecular complexity index is 476. The van der Waals surface area contributed by atoms with Crippen molar-refractivity contribution in [1.29, 1.82) is 0 Å². The highest BCUT2D eigenvalue weighted by atomic mass is 16.6. The summed E-state index contributed by atoms with van der Waals surface area (Å²) in [6, 6.07) is 3.02.